The summed E-state index contributed by atoms with van der Waals surface area (Å²) in [4.78, 5) is 10.1. The molecule has 2 rings (SSSR count). The average molecular weight is 319 g/mol. The summed E-state index contributed by atoms with van der Waals surface area (Å²) in [5.74, 6) is 0.980. The van der Waals surface area contributed by atoms with Gasteiger partial charge in [0.15, 0.2) is 0 Å². The van der Waals surface area contributed by atoms with Crippen LogP contribution in [0.4, 0.5) is 5.69 Å². The molecule has 0 bridgehead atoms. The monoisotopic (exact) mass is 318 g/mol. The van der Waals surface area contributed by atoms with Crippen LogP contribution in [0.1, 0.15) is 5.56 Å². The van der Waals surface area contributed by atoms with E-state index in [1.165, 1.54) is 18.2 Å². The summed E-state index contributed by atoms with van der Waals surface area (Å²) in [7, 11) is 0. The van der Waals surface area contributed by atoms with E-state index in [-0.39, 0.29) is 23.9 Å². The first-order valence-electron chi connectivity index (χ1n) is 6.30. The van der Waals surface area contributed by atoms with Crippen LogP contribution in [0, 0.1) is 21.4 Å². The first-order valence-corrected chi connectivity index (χ1v) is 6.67. The molecule has 0 atom stereocenters. The van der Waals surface area contributed by atoms with E-state index in [1.54, 1.807) is 24.3 Å². The number of nitro benzene ring substituents is 1. The van der Waals surface area contributed by atoms with Gasteiger partial charge in [0.1, 0.15) is 24.7 Å². The third-order valence-corrected chi connectivity index (χ3v) is 3.01. The van der Waals surface area contributed by atoms with E-state index in [0.29, 0.717) is 17.1 Å². The molecule has 0 radical (unpaired) electrons. The summed E-state index contributed by atoms with van der Waals surface area (Å²) in [6.07, 6.45) is 0. The molecule has 2 aromatic carbocycles. The predicted molar refractivity (Wildman–Crippen MR) is 80.3 cm³/mol. The molecule has 2 aromatic rings. The van der Waals surface area contributed by atoms with Crippen LogP contribution in [-0.2, 0) is 0 Å². The zero-order chi connectivity index (χ0) is 15.9. The molecular weight excluding hydrogens is 308 g/mol. The fourth-order valence-electron chi connectivity index (χ4n) is 1.66. The minimum absolute atomic E-state index is 0.0915. The Labute approximate surface area is 131 Å². The molecule has 6 nitrogen and oxygen atoms in total. The Morgan fingerprint density at radius 2 is 1.82 bits per heavy atom. The highest BCUT2D eigenvalue weighted by atomic mass is 35.5. The first-order chi connectivity index (χ1) is 10.6. The lowest BCUT2D eigenvalue weighted by molar-refractivity contribution is -0.384. The number of nitro groups is 1. The second-order valence-electron chi connectivity index (χ2n) is 4.20. The minimum atomic E-state index is -0.524. The van der Waals surface area contributed by atoms with Crippen molar-refractivity contribution in [2.45, 2.75) is 0 Å². The van der Waals surface area contributed by atoms with Crippen molar-refractivity contribution in [2.75, 3.05) is 13.2 Å². The fraction of sp³-hybridized carbons (Fsp3) is 0.133. The smallest absolute Gasteiger partial charge is 0.271 e. The number of non-ortho nitro benzene ring substituents is 1. The van der Waals surface area contributed by atoms with Crippen LogP contribution in [0.15, 0.2) is 42.5 Å². The summed E-state index contributed by atoms with van der Waals surface area (Å²) < 4.78 is 10.8. The number of halogens is 1. The van der Waals surface area contributed by atoms with Gasteiger partial charge in [-0.2, -0.15) is 5.26 Å². The third-order valence-electron chi connectivity index (χ3n) is 2.72. The van der Waals surface area contributed by atoms with E-state index in [0.717, 1.165) is 0 Å². The molecule has 0 N–H and O–H groups in total. The summed E-state index contributed by atoms with van der Waals surface area (Å²) in [6, 6.07) is 12.7. The van der Waals surface area contributed by atoms with Crippen molar-refractivity contribution in [3.8, 4) is 17.6 Å². The molecule has 0 aromatic heterocycles. The van der Waals surface area contributed by atoms with Crippen LogP contribution in [0.5, 0.6) is 11.5 Å². The molecule has 0 fully saturated rings. The van der Waals surface area contributed by atoms with Crippen LogP contribution in [0.25, 0.3) is 0 Å². The Morgan fingerprint density at radius 1 is 1.14 bits per heavy atom. The third kappa shape index (κ3) is 4.11. The molecule has 0 aliphatic carbocycles. The van der Waals surface area contributed by atoms with E-state index in [4.69, 9.17) is 26.3 Å². The molecule has 0 amide bonds. The topological polar surface area (TPSA) is 85.4 Å². The van der Waals surface area contributed by atoms with Gasteiger partial charge >= 0.3 is 0 Å². The summed E-state index contributed by atoms with van der Waals surface area (Å²) in [6.45, 7) is 0.511. The number of hydrogen-bond donors (Lipinski definition) is 0. The van der Waals surface area contributed by atoms with Crippen molar-refractivity contribution in [2.24, 2.45) is 0 Å². The van der Waals surface area contributed by atoms with Gasteiger partial charge in [0.05, 0.1) is 21.6 Å². The molecule has 22 heavy (non-hydrogen) atoms. The molecule has 112 valence electrons. The maximum absolute atomic E-state index is 10.6. The van der Waals surface area contributed by atoms with Crippen molar-refractivity contribution in [1.29, 1.82) is 5.26 Å². The van der Waals surface area contributed by atoms with E-state index in [2.05, 4.69) is 0 Å². The molecule has 0 saturated carbocycles. The van der Waals surface area contributed by atoms with Crippen LogP contribution in [0.2, 0.25) is 5.02 Å². The number of nitrogens with zero attached hydrogens (tertiary/aromatic N) is 2. The van der Waals surface area contributed by atoms with Crippen molar-refractivity contribution < 1.29 is 14.4 Å². The van der Waals surface area contributed by atoms with E-state index in [9.17, 15) is 10.1 Å². The SMILES string of the molecule is N#Cc1ccc(OCCOc2ccc([N+](=O)[O-])cc2Cl)cc1. The van der Waals surface area contributed by atoms with Crippen molar-refractivity contribution >= 4 is 17.3 Å². The molecule has 0 spiro atoms. The largest absolute Gasteiger partial charge is 0.490 e. The Morgan fingerprint density at radius 3 is 2.41 bits per heavy atom. The molecular formula is C15H11ClN2O4. The zero-order valence-corrected chi connectivity index (χ0v) is 12.1. The quantitative estimate of drug-likeness (QED) is 0.461. The van der Waals surface area contributed by atoms with Gasteiger partial charge in [0, 0.05) is 12.1 Å². The zero-order valence-electron chi connectivity index (χ0n) is 11.4. The van der Waals surface area contributed by atoms with Gasteiger partial charge in [-0.25, -0.2) is 0 Å². The predicted octanol–water partition coefficient (Wildman–Crippen LogP) is 3.58. The molecule has 0 aliphatic heterocycles. The van der Waals surface area contributed by atoms with Crippen LogP contribution in [0.3, 0.4) is 0 Å². The van der Waals surface area contributed by atoms with Gasteiger partial charge in [0.25, 0.3) is 5.69 Å². The minimum Gasteiger partial charge on any atom is -0.490 e. The van der Waals surface area contributed by atoms with Gasteiger partial charge in [-0.15, -0.1) is 0 Å². The lowest BCUT2D eigenvalue weighted by Gasteiger charge is -2.09. The number of benzene rings is 2. The molecule has 0 heterocycles. The molecule has 0 saturated heterocycles. The van der Waals surface area contributed by atoms with Gasteiger partial charge in [0.2, 0.25) is 0 Å². The second-order valence-corrected chi connectivity index (χ2v) is 4.61. The highest BCUT2D eigenvalue weighted by molar-refractivity contribution is 6.32. The summed E-state index contributed by atoms with van der Waals surface area (Å²) in [5.41, 5.74) is 0.465. The fourth-order valence-corrected chi connectivity index (χ4v) is 1.89. The lowest BCUT2D eigenvalue weighted by atomic mass is 10.2. The van der Waals surface area contributed by atoms with E-state index in [1.807, 2.05) is 6.07 Å². The Kier molecular flexibility index (Phi) is 5.17. The number of ether oxygens (including phenoxy) is 2. The first kappa shape index (κ1) is 15.6. The maximum Gasteiger partial charge on any atom is 0.271 e. The second kappa shape index (κ2) is 7.29. The van der Waals surface area contributed by atoms with Crippen molar-refractivity contribution in [3.63, 3.8) is 0 Å². The number of rotatable bonds is 6. The number of hydrogen-bond acceptors (Lipinski definition) is 5. The van der Waals surface area contributed by atoms with Crippen LogP contribution in [-0.4, -0.2) is 18.1 Å². The molecule has 0 aliphatic rings. The Balaban J connectivity index is 1.83. The van der Waals surface area contributed by atoms with Gasteiger partial charge in [-0.3, -0.25) is 10.1 Å². The lowest BCUT2D eigenvalue weighted by Crippen LogP contribution is -2.09. The standard InChI is InChI=1S/C15H11ClN2O4/c16-14-9-12(18(19)20)3-6-15(14)22-8-7-21-13-4-1-11(10-17)2-5-13/h1-6,9H,7-8H2. The van der Waals surface area contributed by atoms with E-state index < -0.39 is 4.92 Å². The van der Waals surface area contributed by atoms with Gasteiger partial charge in [-0.1, -0.05) is 11.6 Å². The van der Waals surface area contributed by atoms with Crippen LogP contribution < -0.4 is 9.47 Å². The Bertz CT molecular complexity index is 710. The normalized spacial score (nSPS) is 9.82. The molecule has 7 heteroatoms. The van der Waals surface area contributed by atoms with Crippen molar-refractivity contribution in [1.82, 2.24) is 0 Å². The summed E-state index contributed by atoms with van der Waals surface area (Å²) in [5, 5.41) is 19.5. The summed E-state index contributed by atoms with van der Waals surface area (Å²) >= 11 is 5.90. The van der Waals surface area contributed by atoms with Crippen LogP contribution >= 0.6 is 11.6 Å². The highest BCUT2D eigenvalue weighted by Crippen LogP contribution is 2.28. The van der Waals surface area contributed by atoms with Crippen molar-refractivity contribution in [3.05, 3.63) is 63.2 Å². The van der Waals surface area contributed by atoms with Gasteiger partial charge in [-0.05, 0) is 30.3 Å². The number of nitriles is 1. The van der Waals surface area contributed by atoms with E-state index >= 15 is 0 Å². The maximum atomic E-state index is 10.6. The highest BCUT2D eigenvalue weighted by Gasteiger charge is 2.10. The van der Waals surface area contributed by atoms with Gasteiger partial charge < -0.3 is 9.47 Å². The molecule has 0 unspecified atom stereocenters. The Hall–Kier alpha value is -2.78. The average Bonchev–Trinajstić information content (AvgIpc) is 2.53.